The highest BCUT2D eigenvalue weighted by Crippen LogP contribution is 2.81. The third kappa shape index (κ3) is 2.00. The van der Waals surface area contributed by atoms with Gasteiger partial charge in [-0.25, -0.2) is 14.2 Å². The van der Waals surface area contributed by atoms with Crippen molar-refractivity contribution in [1.29, 1.82) is 0 Å². The zero-order chi connectivity index (χ0) is 21.7. The first kappa shape index (κ1) is 20.1. The molecule has 3 aliphatic carbocycles. The van der Waals surface area contributed by atoms with Gasteiger partial charge >= 0.3 is 11.8 Å². The fraction of sp³-hybridized carbons (Fsp3) is 0.474. The molecule has 1 aromatic carbocycles. The Hall–Kier alpha value is -1.81. The van der Waals surface area contributed by atoms with Crippen LogP contribution in [0.1, 0.15) is 22.5 Å². The van der Waals surface area contributed by atoms with Crippen molar-refractivity contribution in [3.05, 3.63) is 34.2 Å². The molecular weight excluding hydrogens is 454 g/mol. The van der Waals surface area contributed by atoms with Gasteiger partial charge in [-0.05, 0) is 18.9 Å². The first-order chi connectivity index (χ1) is 14.0. The Labute approximate surface area is 175 Å². The first-order valence-corrected chi connectivity index (χ1v) is 10.3. The van der Waals surface area contributed by atoms with E-state index in [1.54, 1.807) is 24.3 Å². The molecule has 0 aliphatic heterocycles. The monoisotopic (exact) mass is 466 g/mol. The van der Waals surface area contributed by atoms with E-state index in [1.165, 1.54) is 0 Å². The van der Waals surface area contributed by atoms with Crippen LogP contribution in [0, 0.1) is 17.8 Å². The molecule has 0 saturated heterocycles. The van der Waals surface area contributed by atoms with Crippen LogP contribution in [0.15, 0.2) is 29.4 Å². The third-order valence-corrected chi connectivity index (χ3v) is 8.37. The average Bonchev–Trinajstić information content (AvgIpc) is 3.33. The Balaban J connectivity index is 1.33. The molecule has 5 atom stereocenters. The lowest BCUT2D eigenvalue weighted by Crippen LogP contribution is -2.88. The predicted octanol–water partition coefficient (Wildman–Crippen LogP) is 5.63. The van der Waals surface area contributed by atoms with Gasteiger partial charge in [0.25, 0.3) is 5.91 Å². The molecule has 1 aromatic heterocycles. The second-order valence-corrected chi connectivity index (χ2v) is 9.40. The van der Waals surface area contributed by atoms with E-state index >= 15 is 0 Å². The van der Waals surface area contributed by atoms with E-state index in [0.717, 1.165) is 22.3 Å². The lowest BCUT2D eigenvalue weighted by Gasteiger charge is -2.61. The molecule has 2 aromatic rings. The summed E-state index contributed by atoms with van der Waals surface area (Å²) in [4.78, 5) is 12.5. The first-order valence-electron chi connectivity index (χ1n) is 9.12. The number of hydrazone groups is 1. The Kier molecular flexibility index (Phi) is 3.96. The van der Waals surface area contributed by atoms with Gasteiger partial charge in [0.2, 0.25) is 11.3 Å². The van der Waals surface area contributed by atoms with Gasteiger partial charge in [-0.2, -0.15) is 22.7 Å². The summed E-state index contributed by atoms with van der Waals surface area (Å²) in [7, 11) is 0. The average molecular weight is 467 g/mol. The van der Waals surface area contributed by atoms with Gasteiger partial charge in [0.05, 0.1) is 5.02 Å². The summed E-state index contributed by atoms with van der Waals surface area (Å²) in [5.41, 5.74) is -5.62. The van der Waals surface area contributed by atoms with Gasteiger partial charge < -0.3 is 0 Å². The zero-order valence-electron chi connectivity index (χ0n) is 14.9. The summed E-state index contributed by atoms with van der Waals surface area (Å²) in [5, 5.41) is 4.59. The molecule has 0 unspecified atom stereocenters. The number of benzene rings is 1. The van der Waals surface area contributed by atoms with E-state index in [2.05, 4.69) is 10.5 Å². The van der Waals surface area contributed by atoms with E-state index < -0.39 is 53.3 Å². The number of hydrogen-bond donors (Lipinski definition) is 1. The van der Waals surface area contributed by atoms with Gasteiger partial charge in [-0.15, -0.1) is 11.3 Å². The standard InChI is InChI=1S/C19H13ClF6N2OS/c20-13-10-3-1-2-4-12(10)30-14(13)15(29)28-27-7-8-5-9-6-11(8)17(22)16(9,21)18(23,24)19(17,25)26/h1-4,7-9,11H,5-6H2,(H,28,29)/b27-7-/t8-,9+,11+,16-,17+/m1/s1. The maximum absolute atomic E-state index is 14.9. The van der Waals surface area contributed by atoms with Crippen LogP contribution in [0.3, 0.4) is 0 Å². The fourth-order valence-corrected chi connectivity index (χ4v) is 6.73. The maximum Gasteiger partial charge on any atom is 0.350 e. The number of amides is 1. The van der Waals surface area contributed by atoms with Gasteiger partial charge in [-0.3, -0.25) is 4.79 Å². The van der Waals surface area contributed by atoms with Gasteiger partial charge in [0.1, 0.15) is 4.88 Å². The van der Waals surface area contributed by atoms with Crippen LogP contribution in [-0.2, 0) is 0 Å². The molecule has 1 N–H and O–H groups in total. The summed E-state index contributed by atoms with van der Waals surface area (Å²) >= 11 is 7.32. The van der Waals surface area contributed by atoms with E-state index in [0.29, 0.717) is 5.39 Å². The summed E-state index contributed by atoms with van der Waals surface area (Å²) in [5.74, 6) is -15.0. The minimum atomic E-state index is -5.09. The second kappa shape index (κ2) is 5.91. The van der Waals surface area contributed by atoms with E-state index in [9.17, 15) is 31.1 Å². The normalized spacial score (nSPS) is 38.0. The highest BCUT2D eigenvalue weighted by molar-refractivity contribution is 7.21. The topological polar surface area (TPSA) is 41.5 Å². The number of carbonyl (C=O) groups excluding carboxylic acids is 1. The van der Waals surface area contributed by atoms with Crippen LogP contribution in [0.25, 0.3) is 10.1 Å². The van der Waals surface area contributed by atoms with E-state index in [-0.39, 0.29) is 16.3 Å². The molecule has 3 aliphatic rings. The lowest BCUT2D eigenvalue weighted by atomic mass is 9.53. The molecule has 3 nitrogen and oxygen atoms in total. The molecule has 5 rings (SSSR count). The number of nitrogens with zero attached hydrogens (tertiary/aromatic N) is 1. The van der Waals surface area contributed by atoms with Gasteiger partial charge in [0, 0.05) is 34.1 Å². The molecule has 30 heavy (non-hydrogen) atoms. The molecule has 2 bridgehead atoms. The molecule has 3 fully saturated rings. The van der Waals surface area contributed by atoms with Gasteiger partial charge in [0.15, 0.2) is 0 Å². The molecule has 0 radical (unpaired) electrons. The van der Waals surface area contributed by atoms with Crippen molar-refractivity contribution in [2.45, 2.75) is 36.0 Å². The number of carbonyl (C=O) groups is 1. The largest absolute Gasteiger partial charge is 0.350 e. The molecule has 0 spiro atoms. The van der Waals surface area contributed by atoms with Crippen molar-refractivity contribution >= 4 is 45.1 Å². The summed E-state index contributed by atoms with van der Waals surface area (Å²) < 4.78 is 85.5. The second-order valence-electron chi connectivity index (χ2n) is 7.97. The van der Waals surface area contributed by atoms with Gasteiger partial charge in [-0.1, -0.05) is 29.8 Å². The number of fused-ring (bicyclic) bond motifs is 6. The number of thiophene rings is 1. The minimum Gasteiger partial charge on any atom is -0.266 e. The Morgan fingerprint density at radius 1 is 1.10 bits per heavy atom. The zero-order valence-corrected chi connectivity index (χ0v) is 16.5. The van der Waals surface area contributed by atoms with Crippen molar-refractivity contribution in [2.24, 2.45) is 22.9 Å². The van der Waals surface area contributed by atoms with Crippen LogP contribution in [0.4, 0.5) is 26.3 Å². The smallest absolute Gasteiger partial charge is 0.266 e. The van der Waals surface area contributed by atoms with Crippen molar-refractivity contribution in [3.63, 3.8) is 0 Å². The van der Waals surface area contributed by atoms with Crippen LogP contribution < -0.4 is 5.43 Å². The number of nitrogens with one attached hydrogen (secondary N) is 1. The SMILES string of the molecule is O=C(N/N=C\[C@H]1C[C@H]2C[C@@H]1[C@@]1(F)C(F)(F)C(F)(F)[C@@]21F)c1sc2ccccc2c1Cl. The van der Waals surface area contributed by atoms with Crippen molar-refractivity contribution in [2.75, 3.05) is 0 Å². The summed E-state index contributed by atoms with van der Waals surface area (Å²) in [6.07, 6.45) is 0.351. The quantitative estimate of drug-likeness (QED) is 0.356. The highest BCUT2D eigenvalue weighted by Gasteiger charge is 3.03. The number of hydrogen-bond acceptors (Lipinski definition) is 3. The Morgan fingerprint density at radius 3 is 2.47 bits per heavy atom. The Morgan fingerprint density at radius 2 is 1.77 bits per heavy atom. The number of halogens is 7. The minimum absolute atomic E-state index is 0.179. The summed E-state index contributed by atoms with van der Waals surface area (Å²) in [6.45, 7) is 0. The highest BCUT2D eigenvalue weighted by atomic mass is 35.5. The van der Waals surface area contributed by atoms with Crippen LogP contribution >= 0.6 is 22.9 Å². The van der Waals surface area contributed by atoms with E-state index in [1.807, 2.05) is 0 Å². The fourth-order valence-electron chi connectivity index (χ4n) is 5.33. The Bertz CT molecular complexity index is 1110. The molecule has 11 heteroatoms. The molecule has 160 valence electrons. The van der Waals surface area contributed by atoms with Crippen molar-refractivity contribution in [1.82, 2.24) is 5.43 Å². The van der Waals surface area contributed by atoms with Crippen molar-refractivity contribution < 1.29 is 31.1 Å². The maximum atomic E-state index is 14.9. The predicted molar refractivity (Wildman–Crippen MR) is 100 cm³/mol. The lowest BCUT2D eigenvalue weighted by molar-refractivity contribution is -0.449. The summed E-state index contributed by atoms with van der Waals surface area (Å²) in [6, 6.07) is 7.05. The molecule has 3 saturated carbocycles. The van der Waals surface area contributed by atoms with Crippen LogP contribution in [0.2, 0.25) is 5.02 Å². The molecule has 1 amide bonds. The van der Waals surface area contributed by atoms with Crippen molar-refractivity contribution in [3.8, 4) is 0 Å². The molecule has 1 heterocycles. The number of alkyl halides is 6. The van der Waals surface area contributed by atoms with Crippen LogP contribution in [0.5, 0.6) is 0 Å². The third-order valence-electron chi connectivity index (χ3n) is 6.70. The van der Waals surface area contributed by atoms with E-state index in [4.69, 9.17) is 11.6 Å². The molecular formula is C19H13ClF6N2OS. The van der Waals surface area contributed by atoms with Crippen LogP contribution in [-0.4, -0.2) is 35.3 Å². The number of rotatable bonds is 3.